The molecule has 3 nitrogen and oxygen atoms in total. The van der Waals surface area contributed by atoms with Gasteiger partial charge in [0.15, 0.2) is 0 Å². The minimum atomic E-state index is 0.144. The zero-order chi connectivity index (χ0) is 18.0. The molecule has 0 saturated carbocycles. The highest BCUT2D eigenvalue weighted by molar-refractivity contribution is 5.73. The topological polar surface area (TPSA) is 27.4 Å². The predicted molar refractivity (Wildman–Crippen MR) is 104 cm³/mol. The lowest BCUT2D eigenvalue weighted by Crippen LogP contribution is -2.43. The van der Waals surface area contributed by atoms with Crippen LogP contribution < -0.4 is 5.32 Å². The van der Waals surface area contributed by atoms with Crippen LogP contribution in [-0.4, -0.2) is 35.3 Å². The van der Waals surface area contributed by atoms with Crippen LogP contribution in [-0.2, 0) is 6.42 Å². The highest BCUT2D eigenvalue weighted by atomic mass is 15.1. The molecule has 2 rings (SSSR count). The van der Waals surface area contributed by atoms with Crippen molar-refractivity contribution < 1.29 is 4.58 Å². The van der Waals surface area contributed by atoms with E-state index in [1.165, 1.54) is 11.1 Å². The molecule has 0 fully saturated rings. The minimum Gasteiger partial charge on any atom is -0.308 e. The van der Waals surface area contributed by atoms with Gasteiger partial charge in [0.25, 0.3) is 6.34 Å². The van der Waals surface area contributed by atoms with Gasteiger partial charge in [-0.05, 0) is 45.1 Å². The van der Waals surface area contributed by atoms with E-state index < -0.39 is 0 Å². The fourth-order valence-corrected chi connectivity index (χ4v) is 2.83. The molecule has 0 aliphatic carbocycles. The number of rotatable bonds is 5. The van der Waals surface area contributed by atoms with Crippen LogP contribution in [0, 0.1) is 5.41 Å². The Kier molecular flexibility index (Phi) is 5.64. The fourth-order valence-electron chi connectivity index (χ4n) is 2.83. The molecule has 0 aromatic heterocycles. The maximum atomic E-state index is 4.67. The summed E-state index contributed by atoms with van der Waals surface area (Å²) in [6, 6.07) is 9.49. The van der Waals surface area contributed by atoms with Crippen molar-refractivity contribution >= 4 is 12.6 Å². The van der Waals surface area contributed by atoms with Gasteiger partial charge < -0.3 is 5.32 Å². The van der Waals surface area contributed by atoms with Crippen molar-refractivity contribution in [3.8, 4) is 0 Å². The van der Waals surface area contributed by atoms with Crippen molar-refractivity contribution in [1.82, 2.24) is 5.32 Å². The molecule has 2 atom stereocenters. The van der Waals surface area contributed by atoms with E-state index in [0.29, 0.717) is 11.5 Å². The Balaban J connectivity index is 1.99. The van der Waals surface area contributed by atoms with Gasteiger partial charge in [-0.15, -0.1) is 0 Å². The molecule has 1 aliphatic heterocycles. The second kappa shape index (κ2) is 7.18. The number of aliphatic imine (C=N–C) groups is 1. The average Bonchev–Trinajstić information content (AvgIpc) is 2.93. The lowest BCUT2D eigenvalue weighted by atomic mass is 9.88. The van der Waals surface area contributed by atoms with Crippen LogP contribution in [0.3, 0.4) is 0 Å². The third kappa shape index (κ3) is 5.86. The summed E-state index contributed by atoms with van der Waals surface area (Å²) in [6.07, 6.45) is 5.31. The van der Waals surface area contributed by atoms with E-state index in [0.717, 1.165) is 13.0 Å². The van der Waals surface area contributed by atoms with Crippen LogP contribution >= 0.6 is 0 Å². The van der Waals surface area contributed by atoms with E-state index in [-0.39, 0.29) is 11.6 Å². The molecule has 24 heavy (non-hydrogen) atoms. The van der Waals surface area contributed by atoms with Gasteiger partial charge in [-0.2, -0.15) is 0 Å². The number of benzene rings is 1. The zero-order valence-corrected chi connectivity index (χ0v) is 16.4. The van der Waals surface area contributed by atoms with E-state index >= 15 is 0 Å². The lowest BCUT2D eigenvalue weighted by molar-refractivity contribution is -0.431. The Hall–Kier alpha value is -1.48. The molecule has 1 heterocycles. The summed E-state index contributed by atoms with van der Waals surface area (Å²) in [7, 11) is 0. The molecular weight excluding hydrogens is 294 g/mol. The SMILES string of the molecule is C[C@@H](CNC(C)(C)C)[N+]1=CC(c2ccc(CC(C)(C)C)cc2)N=C1. The second-order valence-corrected chi connectivity index (χ2v) is 9.26. The first-order valence-electron chi connectivity index (χ1n) is 9.03. The third-order valence-corrected chi connectivity index (χ3v) is 4.17. The van der Waals surface area contributed by atoms with Crippen LogP contribution in [0.4, 0.5) is 0 Å². The first-order chi connectivity index (χ1) is 11.0. The van der Waals surface area contributed by atoms with E-state index in [1.54, 1.807) is 0 Å². The molecule has 0 saturated heterocycles. The van der Waals surface area contributed by atoms with Crippen molar-refractivity contribution in [2.75, 3.05) is 6.54 Å². The van der Waals surface area contributed by atoms with Gasteiger partial charge in [0, 0.05) is 17.6 Å². The number of hydrogen-bond acceptors (Lipinski definition) is 2. The normalized spacial score (nSPS) is 19.5. The first-order valence-corrected chi connectivity index (χ1v) is 9.03. The van der Waals surface area contributed by atoms with Crippen molar-refractivity contribution in [2.24, 2.45) is 10.4 Å². The number of nitrogens with zero attached hydrogens (tertiary/aromatic N) is 2. The molecule has 3 heteroatoms. The number of nitrogens with one attached hydrogen (secondary N) is 1. The highest BCUT2D eigenvalue weighted by Crippen LogP contribution is 2.23. The molecule has 1 aromatic carbocycles. The van der Waals surface area contributed by atoms with Crippen molar-refractivity contribution in [3.05, 3.63) is 35.4 Å². The predicted octanol–water partition coefficient (Wildman–Crippen LogP) is 4.22. The number of hydrogen-bond donors (Lipinski definition) is 1. The van der Waals surface area contributed by atoms with E-state index in [9.17, 15) is 0 Å². The monoisotopic (exact) mass is 328 g/mol. The summed E-state index contributed by atoms with van der Waals surface area (Å²) in [6.45, 7) is 16.6. The average molecular weight is 329 g/mol. The Morgan fingerprint density at radius 2 is 1.71 bits per heavy atom. The molecule has 0 spiro atoms. The van der Waals surface area contributed by atoms with Crippen molar-refractivity contribution in [2.45, 2.75) is 72.5 Å². The second-order valence-electron chi connectivity index (χ2n) is 9.26. The summed E-state index contributed by atoms with van der Waals surface area (Å²) in [4.78, 5) is 4.67. The molecule has 1 unspecified atom stereocenters. The minimum absolute atomic E-state index is 0.144. The Labute approximate surface area is 147 Å². The molecule has 0 radical (unpaired) electrons. The van der Waals surface area contributed by atoms with Crippen LogP contribution in [0.25, 0.3) is 0 Å². The van der Waals surface area contributed by atoms with Gasteiger partial charge in [-0.1, -0.05) is 50.0 Å². The maximum absolute atomic E-state index is 4.67. The van der Waals surface area contributed by atoms with Crippen LogP contribution in [0.1, 0.15) is 65.6 Å². The zero-order valence-electron chi connectivity index (χ0n) is 16.4. The van der Waals surface area contributed by atoms with Gasteiger partial charge in [0.05, 0.1) is 0 Å². The molecule has 0 amide bonds. The van der Waals surface area contributed by atoms with Crippen molar-refractivity contribution in [1.29, 1.82) is 0 Å². The highest BCUT2D eigenvalue weighted by Gasteiger charge is 2.25. The van der Waals surface area contributed by atoms with Gasteiger partial charge in [-0.3, -0.25) is 0 Å². The first kappa shape index (κ1) is 18.9. The molecular formula is C21H34N3+. The van der Waals surface area contributed by atoms with Crippen molar-refractivity contribution in [3.63, 3.8) is 0 Å². The molecule has 1 aromatic rings. The molecule has 132 valence electrons. The van der Waals surface area contributed by atoms with E-state index in [4.69, 9.17) is 0 Å². The smallest absolute Gasteiger partial charge is 0.281 e. The molecule has 1 N–H and O–H groups in total. The quantitative estimate of drug-likeness (QED) is 0.805. The summed E-state index contributed by atoms with van der Waals surface area (Å²) in [5.41, 5.74) is 3.13. The summed E-state index contributed by atoms with van der Waals surface area (Å²) < 4.78 is 2.23. The fraction of sp³-hybridized carbons (Fsp3) is 0.619. The summed E-state index contributed by atoms with van der Waals surface area (Å²) >= 11 is 0. The largest absolute Gasteiger partial charge is 0.308 e. The summed E-state index contributed by atoms with van der Waals surface area (Å²) in [5.74, 6) is 0. The molecule has 1 aliphatic rings. The van der Waals surface area contributed by atoms with Gasteiger partial charge in [0.1, 0.15) is 12.3 Å². The molecule has 0 bridgehead atoms. The van der Waals surface area contributed by atoms with Gasteiger partial charge in [-0.25, -0.2) is 4.58 Å². The van der Waals surface area contributed by atoms with E-state index in [2.05, 4.69) is 93.8 Å². The Morgan fingerprint density at radius 3 is 2.25 bits per heavy atom. The standard InChI is InChI=1S/C21H34N3/c1-16(13-23-21(5,6)7)24-14-19(22-15-24)18-10-8-17(9-11-18)12-20(2,3)4/h8-11,14-16,19,23H,12-13H2,1-7H3/q+1/t16-,19?/m0/s1. The third-order valence-electron chi connectivity index (χ3n) is 4.17. The van der Waals surface area contributed by atoms with Crippen LogP contribution in [0.15, 0.2) is 29.3 Å². The summed E-state index contributed by atoms with van der Waals surface area (Å²) in [5, 5.41) is 3.56. The van der Waals surface area contributed by atoms with Gasteiger partial charge >= 0.3 is 0 Å². The van der Waals surface area contributed by atoms with Gasteiger partial charge in [0.2, 0.25) is 6.04 Å². The van der Waals surface area contributed by atoms with Crippen LogP contribution in [0.2, 0.25) is 0 Å². The van der Waals surface area contributed by atoms with E-state index in [1.807, 2.05) is 6.34 Å². The Bertz CT molecular complexity index is 597. The lowest BCUT2D eigenvalue weighted by Gasteiger charge is -2.22. The Morgan fingerprint density at radius 1 is 1.08 bits per heavy atom. The van der Waals surface area contributed by atoms with Crippen LogP contribution in [0.5, 0.6) is 0 Å². The maximum Gasteiger partial charge on any atom is 0.281 e.